The Morgan fingerprint density at radius 1 is 1.05 bits per heavy atom. The van der Waals surface area contributed by atoms with E-state index in [0.717, 1.165) is 29.5 Å². The third kappa shape index (κ3) is 3.42. The van der Waals surface area contributed by atoms with Crippen LogP contribution in [0.15, 0.2) is 47.5 Å². The van der Waals surface area contributed by atoms with Gasteiger partial charge in [0.05, 0.1) is 16.4 Å². The van der Waals surface area contributed by atoms with E-state index in [1.54, 1.807) is 18.3 Å². The Morgan fingerprint density at radius 2 is 1.82 bits per heavy atom. The summed E-state index contributed by atoms with van der Waals surface area (Å²) in [5, 5.41) is 10.5. The number of benzene rings is 2. The highest BCUT2D eigenvalue weighted by atomic mass is 35.5. The van der Waals surface area contributed by atoms with E-state index in [1.807, 2.05) is 30.3 Å². The lowest BCUT2D eigenvalue weighted by atomic mass is 10.1. The van der Waals surface area contributed by atoms with Gasteiger partial charge in [0.1, 0.15) is 5.75 Å². The van der Waals surface area contributed by atoms with Crippen LogP contribution in [0.5, 0.6) is 5.75 Å². The van der Waals surface area contributed by atoms with Crippen molar-refractivity contribution in [2.24, 2.45) is 4.99 Å². The van der Waals surface area contributed by atoms with E-state index in [2.05, 4.69) is 9.89 Å². The van der Waals surface area contributed by atoms with Crippen LogP contribution in [0.3, 0.4) is 0 Å². The number of hydrogen-bond donors (Lipinski definition) is 1. The lowest BCUT2D eigenvalue weighted by molar-refractivity contribution is 0.474. The van der Waals surface area contributed by atoms with E-state index >= 15 is 0 Å². The highest BCUT2D eigenvalue weighted by molar-refractivity contribution is 6.33. The van der Waals surface area contributed by atoms with E-state index in [0.29, 0.717) is 5.56 Å². The van der Waals surface area contributed by atoms with Crippen LogP contribution >= 0.6 is 11.6 Å². The van der Waals surface area contributed by atoms with Gasteiger partial charge < -0.3 is 10.0 Å². The highest BCUT2D eigenvalue weighted by Gasteiger charge is 2.13. The number of para-hydroxylation sites is 1. The van der Waals surface area contributed by atoms with Gasteiger partial charge in [0.2, 0.25) is 0 Å². The predicted octanol–water partition coefficient (Wildman–Crippen LogP) is 4.79. The molecule has 1 saturated heterocycles. The minimum atomic E-state index is 0.224. The van der Waals surface area contributed by atoms with Gasteiger partial charge in [-0.05, 0) is 49.6 Å². The summed E-state index contributed by atoms with van der Waals surface area (Å²) >= 11 is 6.41. The molecule has 114 valence electrons. The number of hydrogen-bond acceptors (Lipinski definition) is 3. The van der Waals surface area contributed by atoms with Crippen molar-refractivity contribution in [2.75, 3.05) is 18.0 Å². The van der Waals surface area contributed by atoms with Crippen molar-refractivity contribution in [3.63, 3.8) is 0 Å². The maximum absolute atomic E-state index is 9.73. The van der Waals surface area contributed by atoms with Crippen molar-refractivity contribution in [3.05, 3.63) is 53.1 Å². The summed E-state index contributed by atoms with van der Waals surface area (Å²) in [6.45, 7) is 2.14. The second-order valence-electron chi connectivity index (χ2n) is 5.50. The minimum absolute atomic E-state index is 0.224. The first-order chi connectivity index (χ1) is 10.7. The van der Waals surface area contributed by atoms with Gasteiger partial charge in [0, 0.05) is 24.9 Å². The van der Waals surface area contributed by atoms with Crippen molar-refractivity contribution in [1.82, 2.24) is 0 Å². The first-order valence-corrected chi connectivity index (χ1v) is 7.98. The van der Waals surface area contributed by atoms with Crippen LogP contribution in [0, 0.1) is 0 Å². The number of piperidine rings is 1. The summed E-state index contributed by atoms with van der Waals surface area (Å²) in [7, 11) is 0. The number of rotatable bonds is 3. The largest absolute Gasteiger partial charge is 0.507 e. The zero-order chi connectivity index (χ0) is 15.4. The topological polar surface area (TPSA) is 35.8 Å². The first-order valence-electron chi connectivity index (χ1n) is 7.60. The molecular formula is C18H19ClN2O. The first kappa shape index (κ1) is 14.9. The van der Waals surface area contributed by atoms with Crippen LogP contribution in [-0.2, 0) is 0 Å². The third-order valence-corrected chi connectivity index (χ3v) is 4.22. The highest BCUT2D eigenvalue weighted by Crippen LogP contribution is 2.31. The zero-order valence-corrected chi connectivity index (χ0v) is 13.1. The molecule has 1 aliphatic heterocycles. The molecule has 22 heavy (non-hydrogen) atoms. The minimum Gasteiger partial charge on any atom is -0.507 e. The number of nitrogens with zero attached hydrogens (tertiary/aromatic N) is 2. The third-order valence-electron chi connectivity index (χ3n) is 3.92. The fourth-order valence-corrected chi connectivity index (χ4v) is 3.00. The van der Waals surface area contributed by atoms with Crippen molar-refractivity contribution < 1.29 is 5.11 Å². The smallest absolute Gasteiger partial charge is 0.124 e. The predicted molar refractivity (Wildman–Crippen MR) is 92.9 cm³/mol. The average molecular weight is 315 g/mol. The van der Waals surface area contributed by atoms with E-state index in [1.165, 1.54) is 19.3 Å². The maximum atomic E-state index is 9.73. The lowest BCUT2D eigenvalue weighted by Gasteiger charge is -2.29. The van der Waals surface area contributed by atoms with E-state index in [9.17, 15) is 5.11 Å². The van der Waals surface area contributed by atoms with Crippen LogP contribution in [-0.4, -0.2) is 24.4 Å². The van der Waals surface area contributed by atoms with Gasteiger partial charge in [-0.25, -0.2) is 0 Å². The molecular weight excluding hydrogens is 296 g/mol. The summed E-state index contributed by atoms with van der Waals surface area (Å²) < 4.78 is 0. The van der Waals surface area contributed by atoms with Crippen LogP contribution in [0.2, 0.25) is 5.02 Å². The van der Waals surface area contributed by atoms with E-state index < -0.39 is 0 Å². The monoisotopic (exact) mass is 314 g/mol. The summed E-state index contributed by atoms with van der Waals surface area (Å²) in [5.41, 5.74) is 2.57. The van der Waals surface area contributed by atoms with Gasteiger partial charge in [0.25, 0.3) is 0 Å². The number of phenolic OH excluding ortho intramolecular Hbond substituents is 1. The summed E-state index contributed by atoms with van der Waals surface area (Å²) in [6, 6.07) is 13.0. The van der Waals surface area contributed by atoms with E-state index in [4.69, 9.17) is 11.6 Å². The number of phenols is 1. The fourth-order valence-electron chi connectivity index (χ4n) is 2.71. The van der Waals surface area contributed by atoms with E-state index in [-0.39, 0.29) is 5.75 Å². The molecule has 1 N–H and O–H groups in total. The molecule has 4 heteroatoms. The molecule has 0 radical (unpaired) electrons. The molecule has 0 aromatic heterocycles. The van der Waals surface area contributed by atoms with Crippen LogP contribution in [0.25, 0.3) is 0 Å². The standard InChI is InChI=1S/C18H19ClN2O/c19-16-12-15(20-13-14-6-2-3-7-18(14)22)8-9-17(16)21-10-4-1-5-11-21/h2-3,6-9,12-13,22H,1,4-5,10-11H2. The number of anilines is 1. The Balaban J connectivity index is 1.78. The molecule has 1 aliphatic rings. The molecule has 1 fully saturated rings. The quantitative estimate of drug-likeness (QED) is 0.827. The molecule has 0 atom stereocenters. The SMILES string of the molecule is Oc1ccccc1C=Nc1ccc(N2CCCCC2)c(Cl)c1. The normalized spacial score (nSPS) is 15.4. The van der Waals surface area contributed by atoms with Crippen molar-refractivity contribution in [1.29, 1.82) is 0 Å². The Labute approximate surface area is 135 Å². The summed E-state index contributed by atoms with van der Waals surface area (Å²) in [5.74, 6) is 0.224. The van der Waals surface area contributed by atoms with Crippen LogP contribution in [0.1, 0.15) is 24.8 Å². The van der Waals surface area contributed by atoms with Gasteiger partial charge in [-0.1, -0.05) is 23.7 Å². The van der Waals surface area contributed by atoms with Gasteiger partial charge in [-0.3, -0.25) is 4.99 Å². The molecule has 0 unspecified atom stereocenters. The van der Waals surface area contributed by atoms with Gasteiger partial charge in [-0.2, -0.15) is 0 Å². The lowest BCUT2D eigenvalue weighted by Crippen LogP contribution is -2.29. The second-order valence-corrected chi connectivity index (χ2v) is 5.91. The molecule has 1 heterocycles. The molecule has 0 spiro atoms. The summed E-state index contributed by atoms with van der Waals surface area (Å²) in [6.07, 6.45) is 5.41. The molecule has 0 bridgehead atoms. The van der Waals surface area contributed by atoms with Crippen molar-refractivity contribution >= 4 is 29.2 Å². The van der Waals surface area contributed by atoms with Gasteiger partial charge in [0.15, 0.2) is 0 Å². The fraction of sp³-hybridized carbons (Fsp3) is 0.278. The number of aromatic hydroxyl groups is 1. The molecule has 2 aromatic rings. The zero-order valence-electron chi connectivity index (χ0n) is 12.4. The van der Waals surface area contributed by atoms with Crippen LogP contribution in [0.4, 0.5) is 11.4 Å². The maximum Gasteiger partial charge on any atom is 0.124 e. The van der Waals surface area contributed by atoms with Gasteiger partial charge >= 0.3 is 0 Å². The summed E-state index contributed by atoms with van der Waals surface area (Å²) in [4.78, 5) is 6.73. The molecule has 0 aliphatic carbocycles. The number of halogens is 1. The van der Waals surface area contributed by atoms with Crippen molar-refractivity contribution in [3.8, 4) is 5.75 Å². The average Bonchev–Trinajstić information content (AvgIpc) is 2.55. The molecule has 0 saturated carbocycles. The van der Waals surface area contributed by atoms with Gasteiger partial charge in [-0.15, -0.1) is 0 Å². The molecule has 3 rings (SSSR count). The Hall–Kier alpha value is -2.00. The second kappa shape index (κ2) is 6.84. The Morgan fingerprint density at radius 3 is 2.55 bits per heavy atom. The number of aliphatic imine (C=N–C) groups is 1. The van der Waals surface area contributed by atoms with Crippen LogP contribution < -0.4 is 4.90 Å². The Kier molecular flexibility index (Phi) is 4.64. The molecule has 2 aromatic carbocycles. The Bertz CT molecular complexity index is 679. The van der Waals surface area contributed by atoms with Crippen molar-refractivity contribution in [2.45, 2.75) is 19.3 Å². The molecule has 3 nitrogen and oxygen atoms in total. The molecule has 0 amide bonds.